The summed E-state index contributed by atoms with van der Waals surface area (Å²) in [5, 5.41) is 4.81. The summed E-state index contributed by atoms with van der Waals surface area (Å²) >= 11 is 0. The Morgan fingerprint density at radius 2 is 1.69 bits per heavy atom. The molecule has 0 radical (unpaired) electrons. The van der Waals surface area contributed by atoms with Gasteiger partial charge in [-0.1, -0.05) is 18.2 Å². The lowest BCUT2D eigenvalue weighted by atomic mass is 9.99. The monoisotopic (exact) mass is 571 g/mol. The number of fused-ring (bicyclic) bond motifs is 2. The Hall–Kier alpha value is -5.19. The Labute approximate surface area is 237 Å². The minimum Gasteiger partial charge on any atom is -0.488 e. The second-order valence-electron chi connectivity index (χ2n) is 10.0. The molecule has 11 heteroatoms. The lowest BCUT2D eigenvalue weighted by Gasteiger charge is -2.17. The van der Waals surface area contributed by atoms with Crippen LogP contribution in [0.5, 0.6) is 5.75 Å². The number of aromatic nitrogens is 4. The molecular formula is C31H24F3N5O3. The molecular weight excluding hydrogens is 547 g/mol. The van der Waals surface area contributed by atoms with Gasteiger partial charge in [-0.25, -0.2) is 27.8 Å². The highest BCUT2D eigenvalue weighted by Gasteiger charge is 2.28. The molecule has 212 valence electrons. The van der Waals surface area contributed by atoms with Crippen molar-refractivity contribution < 1.29 is 22.3 Å². The lowest BCUT2D eigenvalue weighted by molar-refractivity contribution is 0.231. The molecule has 0 spiro atoms. The quantitative estimate of drug-likeness (QED) is 0.238. The van der Waals surface area contributed by atoms with Gasteiger partial charge in [0.1, 0.15) is 52.2 Å². The van der Waals surface area contributed by atoms with Gasteiger partial charge in [-0.2, -0.15) is 5.10 Å². The maximum absolute atomic E-state index is 15.0. The summed E-state index contributed by atoms with van der Waals surface area (Å²) in [5.41, 5.74) is 6.70. The summed E-state index contributed by atoms with van der Waals surface area (Å²) in [5.74, 6) is -1.67. The van der Waals surface area contributed by atoms with E-state index in [1.807, 2.05) is 0 Å². The normalized spacial score (nSPS) is 12.4. The molecule has 3 heterocycles. The van der Waals surface area contributed by atoms with E-state index in [1.165, 1.54) is 59.5 Å². The summed E-state index contributed by atoms with van der Waals surface area (Å²) in [6.07, 6.45) is 1.03. The molecule has 3 aromatic heterocycles. The van der Waals surface area contributed by atoms with Crippen LogP contribution in [0.2, 0.25) is 0 Å². The number of nitrogens with two attached hydrogens (primary N) is 1. The smallest absolute Gasteiger partial charge is 0.203 e. The van der Waals surface area contributed by atoms with Crippen LogP contribution in [0.15, 0.2) is 76.2 Å². The molecule has 3 aromatic carbocycles. The van der Waals surface area contributed by atoms with Crippen LogP contribution in [0.1, 0.15) is 32.6 Å². The molecule has 0 aliphatic rings. The first-order valence-electron chi connectivity index (χ1n) is 13.1. The third-order valence-electron chi connectivity index (χ3n) is 6.84. The van der Waals surface area contributed by atoms with E-state index in [2.05, 4.69) is 9.97 Å². The van der Waals surface area contributed by atoms with Crippen molar-refractivity contribution >= 4 is 27.8 Å². The largest absolute Gasteiger partial charge is 0.488 e. The van der Waals surface area contributed by atoms with Crippen LogP contribution in [0, 0.1) is 17.5 Å². The Morgan fingerprint density at radius 1 is 0.905 bits per heavy atom. The van der Waals surface area contributed by atoms with Crippen LogP contribution < -0.4 is 15.9 Å². The highest BCUT2D eigenvalue weighted by molar-refractivity contribution is 5.98. The third kappa shape index (κ3) is 4.52. The molecule has 6 rings (SSSR count). The van der Waals surface area contributed by atoms with Crippen molar-refractivity contribution in [3.05, 3.63) is 100 Å². The standard InChI is InChI=1S/C31H24F3N5O3/c1-15(2)41-22-11-10-18(13-21(22)34)27-26-30(35)36-14-37-31(26)39(38-27)16(3)29-24(17-6-4-7-19(32)12-17)28(40)25-20(33)8-5-9-23(25)42-29/h4-16H,1-3H3,(H2,35,36,37)/t16-/m1/s1. The number of ether oxygens (including phenoxy) is 1. The first kappa shape index (κ1) is 27.0. The summed E-state index contributed by atoms with van der Waals surface area (Å²) in [6, 6.07) is 13.0. The van der Waals surface area contributed by atoms with Crippen LogP contribution in [-0.4, -0.2) is 25.9 Å². The number of nitrogens with zero attached hydrogens (tertiary/aromatic N) is 4. The van der Waals surface area contributed by atoms with E-state index in [1.54, 1.807) is 26.8 Å². The number of hydrogen-bond acceptors (Lipinski definition) is 7. The van der Waals surface area contributed by atoms with Crippen molar-refractivity contribution in [1.29, 1.82) is 0 Å². The average molecular weight is 572 g/mol. The Kier molecular flexibility index (Phi) is 6.64. The predicted molar refractivity (Wildman–Crippen MR) is 153 cm³/mol. The van der Waals surface area contributed by atoms with Crippen molar-refractivity contribution in [2.24, 2.45) is 0 Å². The van der Waals surface area contributed by atoms with Crippen LogP contribution in [0.25, 0.3) is 44.4 Å². The van der Waals surface area contributed by atoms with E-state index >= 15 is 0 Å². The molecule has 0 amide bonds. The van der Waals surface area contributed by atoms with Crippen LogP contribution in [-0.2, 0) is 0 Å². The fraction of sp³-hybridized carbons (Fsp3) is 0.161. The zero-order chi connectivity index (χ0) is 29.7. The van der Waals surface area contributed by atoms with E-state index in [0.717, 1.165) is 6.07 Å². The van der Waals surface area contributed by atoms with Crippen molar-refractivity contribution in [2.75, 3.05) is 5.73 Å². The lowest BCUT2D eigenvalue weighted by Crippen LogP contribution is -2.17. The molecule has 0 aliphatic heterocycles. The van der Waals surface area contributed by atoms with Gasteiger partial charge >= 0.3 is 0 Å². The molecule has 0 aliphatic carbocycles. The van der Waals surface area contributed by atoms with E-state index < -0.39 is 28.9 Å². The SMILES string of the molecule is CC(C)Oc1ccc(-c2nn([C@H](C)c3oc4cccc(F)c4c(=O)c3-c3cccc(F)c3)c3ncnc(N)c23)cc1F. The second-order valence-corrected chi connectivity index (χ2v) is 10.0. The van der Waals surface area contributed by atoms with Crippen molar-refractivity contribution in [1.82, 2.24) is 19.7 Å². The molecule has 0 bridgehead atoms. The molecule has 0 fully saturated rings. The minimum absolute atomic E-state index is 0.00985. The molecule has 1 atom stereocenters. The van der Waals surface area contributed by atoms with Crippen LogP contribution >= 0.6 is 0 Å². The van der Waals surface area contributed by atoms with Crippen molar-refractivity contribution in [2.45, 2.75) is 32.9 Å². The van der Waals surface area contributed by atoms with Crippen molar-refractivity contribution in [3.8, 4) is 28.1 Å². The number of anilines is 1. The van der Waals surface area contributed by atoms with E-state index in [9.17, 15) is 18.0 Å². The second kappa shape index (κ2) is 10.3. The molecule has 0 saturated heterocycles. The summed E-state index contributed by atoms with van der Waals surface area (Å²) in [4.78, 5) is 22.2. The van der Waals surface area contributed by atoms with Crippen molar-refractivity contribution in [3.63, 3.8) is 0 Å². The van der Waals surface area contributed by atoms with Gasteiger partial charge in [-0.15, -0.1) is 0 Å². The highest BCUT2D eigenvalue weighted by atomic mass is 19.1. The zero-order valence-corrected chi connectivity index (χ0v) is 22.7. The predicted octanol–water partition coefficient (Wildman–Crippen LogP) is 6.66. The molecule has 0 saturated carbocycles. The maximum Gasteiger partial charge on any atom is 0.203 e. The first-order chi connectivity index (χ1) is 20.1. The highest BCUT2D eigenvalue weighted by Crippen LogP contribution is 2.37. The number of nitrogen functional groups attached to an aromatic ring is 1. The van der Waals surface area contributed by atoms with Crippen LogP contribution in [0.3, 0.4) is 0 Å². The fourth-order valence-corrected chi connectivity index (χ4v) is 5.00. The molecule has 42 heavy (non-hydrogen) atoms. The Balaban J connectivity index is 1.60. The fourth-order valence-electron chi connectivity index (χ4n) is 5.00. The van der Waals surface area contributed by atoms with Crippen LogP contribution in [0.4, 0.5) is 19.0 Å². The topological polar surface area (TPSA) is 109 Å². The number of benzene rings is 3. The number of rotatable bonds is 6. The number of halogens is 3. The van der Waals surface area contributed by atoms with Gasteiger partial charge in [0.25, 0.3) is 0 Å². The summed E-state index contributed by atoms with van der Waals surface area (Å²) in [6.45, 7) is 5.28. The number of hydrogen-bond donors (Lipinski definition) is 1. The summed E-state index contributed by atoms with van der Waals surface area (Å²) in [7, 11) is 0. The average Bonchev–Trinajstić information content (AvgIpc) is 3.34. The minimum atomic E-state index is -0.845. The van der Waals surface area contributed by atoms with E-state index in [0.29, 0.717) is 10.9 Å². The van der Waals surface area contributed by atoms with Gasteiger partial charge in [0.15, 0.2) is 17.2 Å². The van der Waals surface area contributed by atoms with Gasteiger partial charge < -0.3 is 14.9 Å². The molecule has 8 nitrogen and oxygen atoms in total. The molecule has 2 N–H and O–H groups in total. The van der Waals surface area contributed by atoms with Gasteiger partial charge in [-0.05, 0) is 68.8 Å². The zero-order valence-electron chi connectivity index (χ0n) is 22.7. The third-order valence-corrected chi connectivity index (χ3v) is 6.84. The Morgan fingerprint density at radius 3 is 2.43 bits per heavy atom. The van der Waals surface area contributed by atoms with Gasteiger partial charge in [0.05, 0.1) is 17.1 Å². The molecule has 0 unspecified atom stereocenters. The Bertz CT molecular complexity index is 2050. The maximum atomic E-state index is 15.0. The van der Waals surface area contributed by atoms with Gasteiger partial charge in [0.2, 0.25) is 5.43 Å². The van der Waals surface area contributed by atoms with E-state index in [-0.39, 0.29) is 56.9 Å². The summed E-state index contributed by atoms with van der Waals surface area (Å²) < 4.78 is 57.3. The first-order valence-corrected chi connectivity index (χ1v) is 13.1. The molecule has 6 aromatic rings. The van der Waals surface area contributed by atoms with Gasteiger partial charge in [0, 0.05) is 5.56 Å². The van der Waals surface area contributed by atoms with Gasteiger partial charge in [-0.3, -0.25) is 4.79 Å². The van der Waals surface area contributed by atoms with E-state index in [4.69, 9.17) is 20.0 Å².